The lowest BCUT2D eigenvalue weighted by Gasteiger charge is -2.22. The second-order valence-electron chi connectivity index (χ2n) is 4.80. The molecule has 0 saturated carbocycles. The molecule has 2 rings (SSSR count). The van der Waals surface area contributed by atoms with Crippen LogP contribution in [0.2, 0.25) is 0 Å². The van der Waals surface area contributed by atoms with Gasteiger partial charge in [0.25, 0.3) is 0 Å². The van der Waals surface area contributed by atoms with Crippen molar-refractivity contribution in [2.24, 2.45) is 18.7 Å². The average Bonchev–Trinajstić information content (AvgIpc) is 2.64. The van der Waals surface area contributed by atoms with Gasteiger partial charge in [0, 0.05) is 32.4 Å². The van der Waals surface area contributed by atoms with E-state index in [1.807, 2.05) is 25.2 Å². The minimum Gasteiger partial charge on any atom is -0.408 e. The number of nitrogens with two attached hydrogens (primary N) is 1. The number of benzene rings is 1. The van der Waals surface area contributed by atoms with E-state index in [0.29, 0.717) is 18.0 Å². The van der Waals surface area contributed by atoms with Gasteiger partial charge in [-0.25, -0.2) is 4.79 Å². The number of aromatic nitrogens is 1. The van der Waals surface area contributed by atoms with Crippen LogP contribution >= 0.6 is 0 Å². The summed E-state index contributed by atoms with van der Waals surface area (Å²) in [5.74, 6) is 0.0913. The second kappa shape index (κ2) is 4.86. The molecule has 1 aromatic heterocycles. The van der Waals surface area contributed by atoms with Gasteiger partial charge in [0.15, 0.2) is 5.58 Å². The first kappa shape index (κ1) is 12.7. The highest BCUT2D eigenvalue weighted by molar-refractivity contribution is 5.77. The molecule has 0 aliphatic heterocycles. The van der Waals surface area contributed by atoms with Crippen molar-refractivity contribution in [3.63, 3.8) is 0 Å². The average molecular weight is 249 g/mol. The van der Waals surface area contributed by atoms with Crippen LogP contribution in [0.3, 0.4) is 0 Å². The van der Waals surface area contributed by atoms with Crippen molar-refractivity contribution in [3.8, 4) is 0 Å². The predicted octanol–water partition coefficient (Wildman–Crippen LogP) is 1.16. The van der Waals surface area contributed by atoms with Crippen LogP contribution in [0.4, 0.5) is 5.69 Å². The summed E-state index contributed by atoms with van der Waals surface area (Å²) in [7, 11) is 3.71. The summed E-state index contributed by atoms with van der Waals surface area (Å²) in [6.07, 6.45) is 0. The highest BCUT2D eigenvalue weighted by Crippen LogP contribution is 2.20. The Bertz CT molecular complexity index is 600. The van der Waals surface area contributed by atoms with Crippen molar-refractivity contribution in [3.05, 3.63) is 28.7 Å². The number of hydrogen-bond donors (Lipinski definition) is 1. The highest BCUT2D eigenvalue weighted by atomic mass is 16.4. The summed E-state index contributed by atoms with van der Waals surface area (Å²) in [5, 5.41) is 0. The van der Waals surface area contributed by atoms with Gasteiger partial charge in [0.1, 0.15) is 0 Å². The number of oxazole rings is 1. The molecule has 0 bridgehead atoms. The molecule has 1 aromatic carbocycles. The first-order valence-corrected chi connectivity index (χ1v) is 6.03. The number of hydrogen-bond acceptors (Lipinski definition) is 4. The molecule has 98 valence electrons. The molecule has 2 aromatic rings. The predicted molar refractivity (Wildman–Crippen MR) is 72.9 cm³/mol. The van der Waals surface area contributed by atoms with Crippen molar-refractivity contribution < 1.29 is 4.42 Å². The lowest BCUT2D eigenvalue weighted by molar-refractivity contribution is 0.528. The number of anilines is 1. The topological polar surface area (TPSA) is 64.4 Å². The Hall–Kier alpha value is -1.75. The molecule has 2 N–H and O–H groups in total. The van der Waals surface area contributed by atoms with Crippen molar-refractivity contribution in [1.29, 1.82) is 0 Å². The summed E-state index contributed by atoms with van der Waals surface area (Å²) >= 11 is 0. The molecule has 0 radical (unpaired) electrons. The third kappa shape index (κ3) is 2.26. The van der Waals surface area contributed by atoms with E-state index in [2.05, 4.69) is 11.8 Å². The zero-order valence-electron chi connectivity index (χ0n) is 11.0. The molecule has 1 unspecified atom stereocenters. The van der Waals surface area contributed by atoms with Crippen LogP contribution in [0, 0.1) is 5.92 Å². The summed E-state index contributed by atoms with van der Waals surface area (Å²) in [6, 6.07) is 5.78. The van der Waals surface area contributed by atoms with Crippen molar-refractivity contribution in [2.75, 3.05) is 25.0 Å². The minimum atomic E-state index is -0.333. The zero-order chi connectivity index (χ0) is 13.3. The molecule has 18 heavy (non-hydrogen) atoms. The van der Waals surface area contributed by atoms with E-state index in [0.717, 1.165) is 17.7 Å². The summed E-state index contributed by atoms with van der Waals surface area (Å²) in [6.45, 7) is 3.64. The molecule has 5 heteroatoms. The van der Waals surface area contributed by atoms with Crippen LogP contribution in [0.5, 0.6) is 0 Å². The molecule has 1 heterocycles. The molecular formula is C13H19N3O2. The van der Waals surface area contributed by atoms with Crippen LogP contribution in [0.1, 0.15) is 6.92 Å². The third-order valence-corrected chi connectivity index (χ3v) is 3.20. The zero-order valence-corrected chi connectivity index (χ0v) is 11.0. The Balaban J connectivity index is 2.32. The van der Waals surface area contributed by atoms with Gasteiger partial charge in [0.05, 0.1) is 5.52 Å². The molecular weight excluding hydrogens is 230 g/mol. The molecule has 0 aliphatic carbocycles. The fourth-order valence-corrected chi connectivity index (χ4v) is 2.01. The Morgan fingerprint density at radius 3 is 2.89 bits per heavy atom. The Morgan fingerprint density at radius 2 is 2.22 bits per heavy atom. The number of rotatable bonds is 4. The van der Waals surface area contributed by atoms with Gasteiger partial charge in [-0.1, -0.05) is 6.92 Å². The minimum absolute atomic E-state index is 0.333. The molecule has 5 nitrogen and oxygen atoms in total. The number of aryl methyl sites for hydroxylation is 1. The number of nitrogens with zero attached hydrogens (tertiary/aromatic N) is 2. The Kier molecular flexibility index (Phi) is 3.43. The SMILES string of the molecule is CC(CN)CN(C)c1ccc2c(c1)oc(=O)n2C. The first-order valence-electron chi connectivity index (χ1n) is 6.03. The third-order valence-electron chi connectivity index (χ3n) is 3.20. The van der Waals surface area contributed by atoms with Crippen LogP contribution in [0.15, 0.2) is 27.4 Å². The van der Waals surface area contributed by atoms with E-state index < -0.39 is 0 Å². The maximum Gasteiger partial charge on any atom is 0.419 e. The first-order chi connectivity index (χ1) is 8.52. The normalized spacial score (nSPS) is 12.9. The van der Waals surface area contributed by atoms with Gasteiger partial charge in [-0.2, -0.15) is 0 Å². The van der Waals surface area contributed by atoms with E-state index in [-0.39, 0.29) is 5.76 Å². The highest BCUT2D eigenvalue weighted by Gasteiger charge is 2.10. The molecule has 0 fully saturated rings. The maximum atomic E-state index is 11.4. The van der Waals surface area contributed by atoms with Gasteiger partial charge in [-0.15, -0.1) is 0 Å². The van der Waals surface area contributed by atoms with E-state index in [9.17, 15) is 4.79 Å². The van der Waals surface area contributed by atoms with Crippen LogP contribution in [-0.2, 0) is 7.05 Å². The monoisotopic (exact) mass is 249 g/mol. The van der Waals surface area contributed by atoms with Crippen LogP contribution < -0.4 is 16.4 Å². The van der Waals surface area contributed by atoms with Gasteiger partial charge in [-0.05, 0) is 24.6 Å². The largest absolute Gasteiger partial charge is 0.419 e. The lowest BCUT2D eigenvalue weighted by Crippen LogP contribution is -2.28. The molecule has 1 atom stereocenters. The molecule has 0 saturated heterocycles. The van der Waals surface area contributed by atoms with E-state index in [4.69, 9.17) is 10.2 Å². The quantitative estimate of drug-likeness (QED) is 0.883. The van der Waals surface area contributed by atoms with Crippen LogP contribution in [0.25, 0.3) is 11.1 Å². The summed E-state index contributed by atoms with van der Waals surface area (Å²) < 4.78 is 6.68. The van der Waals surface area contributed by atoms with Gasteiger partial charge >= 0.3 is 5.76 Å². The summed E-state index contributed by atoms with van der Waals surface area (Å²) in [5.41, 5.74) is 8.07. The van der Waals surface area contributed by atoms with Crippen molar-refractivity contribution >= 4 is 16.8 Å². The van der Waals surface area contributed by atoms with Gasteiger partial charge in [-0.3, -0.25) is 4.57 Å². The van der Waals surface area contributed by atoms with Crippen LogP contribution in [-0.4, -0.2) is 24.7 Å². The second-order valence-corrected chi connectivity index (χ2v) is 4.80. The maximum absolute atomic E-state index is 11.4. The smallest absolute Gasteiger partial charge is 0.408 e. The van der Waals surface area contributed by atoms with Crippen molar-refractivity contribution in [2.45, 2.75) is 6.92 Å². The summed E-state index contributed by atoms with van der Waals surface area (Å²) in [4.78, 5) is 13.5. The fraction of sp³-hybridized carbons (Fsp3) is 0.462. The van der Waals surface area contributed by atoms with Gasteiger partial charge < -0.3 is 15.1 Å². The van der Waals surface area contributed by atoms with Gasteiger partial charge in [0.2, 0.25) is 0 Å². The molecule has 0 aliphatic rings. The molecule has 0 amide bonds. The van der Waals surface area contributed by atoms with E-state index in [1.165, 1.54) is 4.57 Å². The Morgan fingerprint density at radius 1 is 1.50 bits per heavy atom. The van der Waals surface area contributed by atoms with E-state index >= 15 is 0 Å². The fourth-order valence-electron chi connectivity index (χ4n) is 2.01. The van der Waals surface area contributed by atoms with E-state index in [1.54, 1.807) is 7.05 Å². The molecule has 0 spiro atoms. The number of fused-ring (bicyclic) bond motifs is 1. The standard InChI is InChI=1S/C13H19N3O2/c1-9(7-14)8-15(2)10-4-5-11-12(6-10)18-13(17)16(11)3/h4-6,9H,7-8,14H2,1-3H3. The van der Waals surface area contributed by atoms with Crippen molar-refractivity contribution in [1.82, 2.24) is 4.57 Å². The lowest BCUT2D eigenvalue weighted by atomic mass is 10.1. The Labute approximate surface area is 106 Å².